The second-order valence-corrected chi connectivity index (χ2v) is 16.5. The number of carbonyl (C=O) groups is 7. The molecular weight excluding hydrogens is 795 g/mol. The number of piperidine rings is 1. The Bertz CT molecular complexity index is 2120. The molecule has 2 unspecified atom stereocenters. The van der Waals surface area contributed by atoms with Gasteiger partial charge in [-0.1, -0.05) is 5.16 Å². The zero-order valence-corrected chi connectivity index (χ0v) is 31.5. The lowest BCUT2D eigenvalue weighted by molar-refractivity contribution is -0.945. The van der Waals surface area contributed by atoms with Crippen LogP contribution in [0.25, 0.3) is 0 Å². The Labute approximate surface area is 329 Å². The summed E-state index contributed by atoms with van der Waals surface area (Å²) >= 11 is 2.19. The lowest BCUT2D eigenvalue weighted by Crippen LogP contribution is -2.71. The molecule has 3 fully saturated rings. The Kier molecular flexibility index (Phi) is 10.3. The number of aromatic nitrogens is 1. The van der Waals surface area contributed by atoms with Crippen molar-refractivity contribution in [2.75, 3.05) is 31.7 Å². The van der Waals surface area contributed by atoms with Crippen LogP contribution in [-0.4, -0.2) is 148 Å². The average Bonchev–Trinajstić information content (AvgIpc) is 3.70. The number of likely N-dealkylation sites (N-methyl/N-ethyl adjacent to an activating group) is 1. The molecule has 23 heteroatoms. The first-order valence-electron chi connectivity index (χ1n) is 17.5. The van der Waals surface area contributed by atoms with E-state index in [0.717, 1.165) is 41.2 Å². The first kappa shape index (κ1) is 39.5. The van der Waals surface area contributed by atoms with Gasteiger partial charge in [0, 0.05) is 42.4 Å². The minimum Gasteiger partial charge on any atom is -0.504 e. The summed E-state index contributed by atoms with van der Waals surface area (Å²) in [5.41, 5.74) is 5.20. The number of benzene rings is 1. The van der Waals surface area contributed by atoms with Crippen molar-refractivity contribution in [2.45, 2.75) is 61.7 Å². The molecule has 5 aliphatic heterocycles. The van der Waals surface area contributed by atoms with Gasteiger partial charge < -0.3 is 45.9 Å². The molecule has 0 saturated carbocycles. The number of imide groups is 1. The van der Waals surface area contributed by atoms with E-state index in [-0.39, 0.29) is 58.0 Å². The van der Waals surface area contributed by atoms with E-state index >= 15 is 0 Å². The van der Waals surface area contributed by atoms with Crippen LogP contribution in [0.5, 0.6) is 11.5 Å². The summed E-state index contributed by atoms with van der Waals surface area (Å²) in [7, 11) is 2.05. The van der Waals surface area contributed by atoms with Crippen molar-refractivity contribution in [3.8, 4) is 11.5 Å². The lowest BCUT2D eigenvalue weighted by atomic mass is 9.88. The standard InChI is InChI=1S/C34H35N7O14S2/c1-41(15-2-3-16(41)5-13(4-15)10-54-40-28(47)17-6-20(42)21(43)7-18(17)29(40)48)9-14-11-56-31-25(30(49)39(31)26(14)33(52)53)37-27(46)24(19-12-57-34(35)36-19)38-55-22(32(50)51)8-23(44)45/h6-7,12-13,15-16,22,25,31H,2-5,8-11H2,1H3,(H7-,35,36,37,38,42,43,44,45,46,47,48,50,51,52,53)/p+1/t13?,15-,16+,22-,25+,31+,41?/m0/s1. The highest BCUT2D eigenvalue weighted by Crippen LogP contribution is 2.47. The number of β-lactam (4-membered cyclic amide) rings is 1. The van der Waals surface area contributed by atoms with Crippen molar-refractivity contribution in [1.29, 1.82) is 0 Å². The number of fused-ring (bicyclic) bond motifs is 4. The van der Waals surface area contributed by atoms with Gasteiger partial charge >= 0.3 is 17.9 Å². The van der Waals surface area contributed by atoms with Gasteiger partial charge in [-0.3, -0.25) is 33.7 Å². The van der Waals surface area contributed by atoms with Crippen LogP contribution in [0.4, 0.5) is 5.13 Å². The molecular formula is C34H36N7O14S2+. The summed E-state index contributed by atoms with van der Waals surface area (Å²) in [5.74, 6) is -8.56. The monoisotopic (exact) mass is 830 g/mol. The molecule has 2 bridgehead atoms. The van der Waals surface area contributed by atoms with Gasteiger partial charge in [-0.05, 0) is 18.1 Å². The second-order valence-electron chi connectivity index (χ2n) is 14.5. The number of oxime groups is 1. The summed E-state index contributed by atoms with van der Waals surface area (Å²) < 4.78 is 0.511. The van der Waals surface area contributed by atoms with E-state index in [1.165, 1.54) is 17.1 Å². The number of carboxylic acid groups (broad SMARTS) is 3. The molecule has 7 rings (SSSR count). The van der Waals surface area contributed by atoms with E-state index in [0.29, 0.717) is 34.5 Å². The SMILES string of the molecule is C[N+]1(CC2=C(C(=O)O)N3C(=O)[C@@H](NC(=O)/C(=N\O[C@@H](CC(=O)O)C(=O)O)c4csc(N)n4)[C@H]3SC2)[C@@H]2CC[C@H]1CC(CON1C(=O)c3cc(O)c(O)cc3C1=O)C2. The Morgan fingerprint density at radius 1 is 1.05 bits per heavy atom. The van der Waals surface area contributed by atoms with Crippen molar-refractivity contribution in [3.05, 3.63) is 45.6 Å². The summed E-state index contributed by atoms with van der Waals surface area (Å²) in [6.45, 7) is 0.389. The first-order chi connectivity index (χ1) is 27.0. The largest absolute Gasteiger partial charge is 0.504 e. The van der Waals surface area contributed by atoms with Gasteiger partial charge in [-0.2, -0.15) is 0 Å². The number of aliphatic carboxylic acids is 3. The number of carbonyl (C=O) groups excluding carboxylic acids is 4. The molecule has 57 heavy (non-hydrogen) atoms. The highest BCUT2D eigenvalue weighted by molar-refractivity contribution is 8.00. The van der Waals surface area contributed by atoms with Crippen LogP contribution in [0.2, 0.25) is 0 Å². The fraction of sp³-hybridized carbons (Fsp3) is 0.441. The van der Waals surface area contributed by atoms with Crippen LogP contribution in [0.1, 0.15) is 58.5 Å². The number of anilines is 1. The van der Waals surface area contributed by atoms with Crippen LogP contribution in [-0.2, 0) is 33.6 Å². The molecule has 2 aromatic rings. The Morgan fingerprint density at radius 2 is 1.68 bits per heavy atom. The second kappa shape index (κ2) is 14.9. The quantitative estimate of drug-likeness (QED) is 0.0333. The number of hydrogen-bond donors (Lipinski definition) is 7. The van der Waals surface area contributed by atoms with Gasteiger partial charge in [0.1, 0.15) is 29.4 Å². The van der Waals surface area contributed by atoms with Crippen LogP contribution >= 0.6 is 23.1 Å². The molecule has 8 N–H and O–H groups in total. The molecule has 1 aromatic heterocycles. The number of hydroxylamine groups is 2. The molecule has 21 nitrogen and oxygen atoms in total. The number of nitrogens with zero attached hydrogens (tertiary/aromatic N) is 5. The van der Waals surface area contributed by atoms with E-state index in [1.807, 2.05) is 7.05 Å². The molecule has 4 amide bonds. The Hall–Kier alpha value is -5.78. The molecule has 1 aromatic carbocycles. The predicted octanol–water partition coefficient (Wildman–Crippen LogP) is 0.139. The van der Waals surface area contributed by atoms with Crippen molar-refractivity contribution in [1.82, 2.24) is 20.3 Å². The molecule has 0 aliphatic carbocycles. The Balaban J connectivity index is 1.02. The predicted molar refractivity (Wildman–Crippen MR) is 194 cm³/mol. The highest BCUT2D eigenvalue weighted by atomic mass is 32.2. The minimum atomic E-state index is -1.95. The number of nitrogen functional groups attached to an aromatic ring is 1. The number of nitrogens with one attached hydrogen (secondary N) is 1. The number of quaternary nitrogens is 1. The maximum atomic E-state index is 13.6. The topological polar surface area (TPSA) is 309 Å². The van der Waals surface area contributed by atoms with Gasteiger partial charge in [0.2, 0.25) is 6.10 Å². The molecule has 5 aliphatic rings. The smallest absolute Gasteiger partial charge is 0.352 e. The molecule has 302 valence electrons. The van der Waals surface area contributed by atoms with Crippen molar-refractivity contribution in [3.63, 3.8) is 0 Å². The number of hydrogen-bond acceptors (Lipinski definition) is 16. The fourth-order valence-electron chi connectivity index (χ4n) is 8.26. The third kappa shape index (κ3) is 7.10. The van der Waals surface area contributed by atoms with Gasteiger partial charge in [0.15, 0.2) is 22.3 Å². The first-order valence-corrected chi connectivity index (χ1v) is 19.4. The number of thiazole rings is 1. The number of phenolic OH excluding ortho intramolecular Hbond substituents is 2. The number of phenols is 2. The normalized spacial score (nSPS) is 27.1. The van der Waals surface area contributed by atoms with Crippen LogP contribution in [0.3, 0.4) is 0 Å². The third-order valence-corrected chi connectivity index (χ3v) is 13.1. The number of nitrogens with two attached hydrogens (primary N) is 1. The molecule has 6 heterocycles. The Morgan fingerprint density at radius 3 is 2.23 bits per heavy atom. The molecule has 7 atom stereocenters. The van der Waals surface area contributed by atoms with Crippen molar-refractivity contribution >= 4 is 75.5 Å². The van der Waals surface area contributed by atoms with E-state index < -0.39 is 82.7 Å². The third-order valence-electron chi connectivity index (χ3n) is 11.1. The van der Waals surface area contributed by atoms with Crippen molar-refractivity contribution < 1.29 is 73.3 Å². The molecule has 3 saturated heterocycles. The van der Waals surface area contributed by atoms with E-state index in [1.54, 1.807) is 0 Å². The number of carboxylic acids is 3. The summed E-state index contributed by atoms with van der Waals surface area (Å²) in [5, 5.41) is 55.6. The van der Waals surface area contributed by atoms with Crippen LogP contribution in [0, 0.1) is 5.92 Å². The average molecular weight is 831 g/mol. The van der Waals surface area contributed by atoms with E-state index in [2.05, 4.69) is 15.5 Å². The van der Waals surface area contributed by atoms with Gasteiger partial charge in [-0.15, -0.1) is 28.2 Å². The van der Waals surface area contributed by atoms with Gasteiger partial charge in [0.05, 0.1) is 43.3 Å². The van der Waals surface area contributed by atoms with E-state index in [4.69, 9.17) is 20.5 Å². The lowest BCUT2D eigenvalue weighted by Gasteiger charge is -2.52. The summed E-state index contributed by atoms with van der Waals surface area (Å²) in [6, 6.07) is 0.985. The molecule has 0 spiro atoms. The maximum Gasteiger partial charge on any atom is 0.352 e. The number of thioether (sulfide) groups is 1. The number of aromatic hydroxyl groups is 2. The minimum absolute atomic E-state index is 0.0252. The zero-order chi connectivity index (χ0) is 41.1. The van der Waals surface area contributed by atoms with E-state index in [9.17, 15) is 54.0 Å². The number of rotatable bonds is 14. The van der Waals surface area contributed by atoms with Crippen LogP contribution in [0.15, 0.2) is 33.9 Å². The number of amides is 4. The fourth-order valence-corrected chi connectivity index (χ4v) is 10.1. The summed E-state index contributed by atoms with van der Waals surface area (Å²) in [6.07, 6.45) is 0.0707. The summed E-state index contributed by atoms with van der Waals surface area (Å²) in [4.78, 5) is 104. The van der Waals surface area contributed by atoms with Crippen molar-refractivity contribution in [2.24, 2.45) is 11.1 Å². The maximum absolute atomic E-state index is 13.6. The zero-order valence-electron chi connectivity index (χ0n) is 29.9. The van der Waals surface area contributed by atoms with Crippen LogP contribution < -0.4 is 11.1 Å². The van der Waals surface area contributed by atoms with Gasteiger partial charge in [0.25, 0.3) is 23.6 Å². The highest BCUT2D eigenvalue weighted by Gasteiger charge is 2.57. The molecule has 0 radical (unpaired) electrons. The van der Waals surface area contributed by atoms with Gasteiger partial charge in [-0.25, -0.2) is 14.6 Å².